The van der Waals surface area contributed by atoms with E-state index < -0.39 is 5.54 Å². The van der Waals surface area contributed by atoms with Crippen LogP contribution < -0.4 is 10.1 Å². The van der Waals surface area contributed by atoms with E-state index in [4.69, 9.17) is 16.3 Å². The first kappa shape index (κ1) is 14.2. The van der Waals surface area contributed by atoms with Crippen LogP contribution in [-0.2, 0) is 4.79 Å². The van der Waals surface area contributed by atoms with E-state index >= 15 is 0 Å². The summed E-state index contributed by atoms with van der Waals surface area (Å²) in [6.07, 6.45) is 2.70. The largest absolute Gasteiger partial charge is 0.484 e. The predicted molar refractivity (Wildman–Crippen MR) is 73.5 cm³/mol. The number of nitrogens with one attached hydrogen (secondary N) is 1. The molecule has 0 heterocycles. The maximum absolute atomic E-state index is 11.8. The maximum atomic E-state index is 11.8. The van der Waals surface area contributed by atoms with Crippen LogP contribution in [0.1, 0.15) is 24.8 Å². The summed E-state index contributed by atoms with van der Waals surface area (Å²) in [6.45, 7) is 1.81. The van der Waals surface area contributed by atoms with Gasteiger partial charge in [0, 0.05) is 5.02 Å². The Hall–Kier alpha value is -1.26. The monoisotopic (exact) mass is 283 g/mol. The van der Waals surface area contributed by atoms with Gasteiger partial charge in [0.1, 0.15) is 5.75 Å². The Morgan fingerprint density at radius 1 is 1.53 bits per heavy atom. The number of aliphatic hydroxyl groups is 1. The first-order chi connectivity index (χ1) is 9.04. The molecule has 0 unspecified atom stereocenters. The molecule has 0 atom stereocenters. The fourth-order valence-corrected chi connectivity index (χ4v) is 2.40. The van der Waals surface area contributed by atoms with E-state index in [1.54, 1.807) is 18.2 Å². The number of aliphatic hydroxyl groups excluding tert-OH is 1. The molecule has 1 aromatic carbocycles. The van der Waals surface area contributed by atoms with Crippen LogP contribution in [0.15, 0.2) is 18.2 Å². The van der Waals surface area contributed by atoms with Gasteiger partial charge in [-0.05, 0) is 49.9 Å². The summed E-state index contributed by atoms with van der Waals surface area (Å²) in [5.74, 6) is 0.439. The van der Waals surface area contributed by atoms with Crippen LogP contribution in [0.2, 0.25) is 5.02 Å². The van der Waals surface area contributed by atoms with Crippen LogP contribution in [0.5, 0.6) is 5.75 Å². The summed E-state index contributed by atoms with van der Waals surface area (Å²) >= 11 is 5.85. The fraction of sp³-hybridized carbons (Fsp3) is 0.500. The third kappa shape index (κ3) is 3.39. The smallest absolute Gasteiger partial charge is 0.258 e. The van der Waals surface area contributed by atoms with Gasteiger partial charge in [-0.2, -0.15) is 0 Å². The predicted octanol–water partition coefficient (Wildman–Crippen LogP) is 2.06. The summed E-state index contributed by atoms with van der Waals surface area (Å²) in [7, 11) is 0. The lowest BCUT2D eigenvalue weighted by Crippen LogP contribution is -2.57. The highest BCUT2D eigenvalue weighted by Crippen LogP contribution is 2.31. The van der Waals surface area contributed by atoms with Crippen molar-refractivity contribution in [1.29, 1.82) is 0 Å². The number of hydrogen-bond acceptors (Lipinski definition) is 3. The Balaban J connectivity index is 1.86. The van der Waals surface area contributed by atoms with Crippen molar-refractivity contribution in [2.75, 3.05) is 13.2 Å². The van der Waals surface area contributed by atoms with Crippen LogP contribution in [0, 0.1) is 6.92 Å². The Morgan fingerprint density at radius 2 is 2.26 bits per heavy atom. The molecule has 5 heteroatoms. The summed E-state index contributed by atoms with van der Waals surface area (Å²) in [4.78, 5) is 11.8. The quantitative estimate of drug-likeness (QED) is 0.870. The lowest BCUT2D eigenvalue weighted by Gasteiger charge is -2.40. The lowest BCUT2D eigenvalue weighted by molar-refractivity contribution is -0.127. The van der Waals surface area contributed by atoms with Gasteiger partial charge in [0.2, 0.25) is 0 Å². The first-order valence-electron chi connectivity index (χ1n) is 6.35. The molecule has 1 saturated carbocycles. The molecular weight excluding hydrogens is 266 g/mol. The highest BCUT2D eigenvalue weighted by Gasteiger charge is 2.37. The average molecular weight is 284 g/mol. The minimum Gasteiger partial charge on any atom is -0.484 e. The number of amides is 1. The van der Waals surface area contributed by atoms with Crippen molar-refractivity contribution in [2.45, 2.75) is 31.7 Å². The van der Waals surface area contributed by atoms with Gasteiger partial charge in [0.15, 0.2) is 6.61 Å². The van der Waals surface area contributed by atoms with Gasteiger partial charge >= 0.3 is 0 Å². The summed E-state index contributed by atoms with van der Waals surface area (Å²) in [6, 6.07) is 5.26. The average Bonchev–Trinajstić information content (AvgIpc) is 2.33. The number of ether oxygens (including phenoxy) is 1. The summed E-state index contributed by atoms with van der Waals surface area (Å²) in [5.41, 5.74) is 0.468. The number of halogens is 1. The van der Waals surface area contributed by atoms with Gasteiger partial charge in [0.05, 0.1) is 12.1 Å². The zero-order valence-corrected chi connectivity index (χ0v) is 11.7. The van der Waals surface area contributed by atoms with Crippen molar-refractivity contribution >= 4 is 17.5 Å². The van der Waals surface area contributed by atoms with Crippen molar-refractivity contribution in [3.8, 4) is 5.75 Å². The van der Waals surface area contributed by atoms with Crippen LogP contribution >= 0.6 is 11.6 Å². The van der Waals surface area contributed by atoms with E-state index in [9.17, 15) is 9.90 Å². The number of hydrogen-bond donors (Lipinski definition) is 2. The van der Waals surface area contributed by atoms with E-state index in [-0.39, 0.29) is 19.1 Å². The molecule has 0 aromatic heterocycles. The molecule has 0 saturated heterocycles. The van der Waals surface area contributed by atoms with Crippen LogP contribution in [0.3, 0.4) is 0 Å². The van der Waals surface area contributed by atoms with Crippen LogP contribution in [-0.4, -0.2) is 29.8 Å². The maximum Gasteiger partial charge on any atom is 0.258 e. The molecule has 4 nitrogen and oxygen atoms in total. The van der Waals surface area contributed by atoms with Crippen LogP contribution in [0.25, 0.3) is 0 Å². The van der Waals surface area contributed by atoms with E-state index in [0.29, 0.717) is 10.8 Å². The third-order valence-electron chi connectivity index (χ3n) is 3.51. The molecule has 0 spiro atoms. The highest BCUT2D eigenvalue weighted by atomic mass is 35.5. The fourth-order valence-electron chi connectivity index (χ4n) is 2.18. The Bertz CT molecular complexity index is 466. The Morgan fingerprint density at radius 3 is 2.79 bits per heavy atom. The van der Waals surface area contributed by atoms with E-state index in [1.165, 1.54) is 0 Å². The molecular formula is C14H18ClNO3. The zero-order chi connectivity index (χ0) is 13.9. The molecule has 2 N–H and O–H groups in total. The van der Waals surface area contributed by atoms with Crippen molar-refractivity contribution < 1.29 is 14.6 Å². The molecule has 1 fully saturated rings. The van der Waals surface area contributed by atoms with Gasteiger partial charge in [0.25, 0.3) is 5.91 Å². The van der Waals surface area contributed by atoms with Gasteiger partial charge in [-0.15, -0.1) is 0 Å². The van der Waals surface area contributed by atoms with Gasteiger partial charge < -0.3 is 15.2 Å². The molecule has 19 heavy (non-hydrogen) atoms. The van der Waals surface area contributed by atoms with E-state index in [1.807, 2.05) is 6.92 Å². The number of aryl methyl sites for hydroxylation is 1. The second-order valence-electron chi connectivity index (χ2n) is 5.04. The van der Waals surface area contributed by atoms with E-state index in [0.717, 1.165) is 24.8 Å². The van der Waals surface area contributed by atoms with Crippen molar-refractivity contribution in [3.05, 3.63) is 28.8 Å². The standard InChI is InChI=1S/C14H18ClNO3/c1-10-7-11(15)3-4-12(10)19-8-13(18)16-14(9-17)5-2-6-14/h3-4,7,17H,2,5-6,8-9H2,1H3,(H,16,18). The molecule has 0 radical (unpaired) electrons. The first-order valence-corrected chi connectivity index (χ1v) is 6.73. The summed E-state index contributed by atoms with van der Waals surface area (Å²) < 4.78 is 5.46. The molecule has 0 aliphatic heterocycles. The van der Waals surface area contributed by atoms with Gasteiger partial charge in [-0.3, -0.25) is 4.79 Å². The number of carbonyl (C=O) groups is 1. The van der Waals surface area contributed by atoms with Gasteiger partial charge in [-0.1, -0.05) is 11.6 Å². The third-order valence-corrected chi connectivity index (χ3v) is 3.75. The van der Waals surface area contributed by atoms with Crippen molar-refractivity contribution in [2.24, 2.45) is 0 Å². The molecule has 1 aliphatic carbocycles. The second-order valence-corrected chi connectivity index (χ2v) is 5.48. The highest BCUT2D eigenvalue weighted by molar-refractivity contribution is 6.30. The SMILES string of the molecule is Cc1cc(Cl)ccc1OCC(=O)NC1(CO)CCC1. The van der Waals surface area contributed by atoms with Crippen LogP contribution in [0.4, 0.5) is 0 Å². The Labute approximate surface area is 117 Å². The van der Waals surface area contributed by atoms with E-state index in [2.05, 4.69) is 5.32 Å². The summed E-state index contributed by atoms with van der Waals surface area (Å²) in [5, 5.41) is 12.8. The zero-order valence-electron chi connectivity index (χ0n) is 10.9. The minimum atomic E-state index is -0.421. The second kappa shape index (κ2) is 5.80. The topological polar surface area (TPSA) is 58.6 Å². The molecule has 1 amide bonds. The minimum absolute atomic E-state index is 0.0152. The Kier molecular flexibility index (Phi) is 4.32. The molecule has 0 bridgehead atoms. The van der Waals surface area contributed by atoms with Gasteiger partial charge in [-0.25, -0.2) is 0 Å². The molecule has 1 aliphatic rings. The van der Waals surface area contributed by atoms with Crippen molar-refractivity contribution in [3.63, 3.8) is 0 Å². The molecule has 104 valence electrons. The number of rotatable bonds is 5. The molecule has 2 rings (SSSR count). The molecule has 1 aromatic rings. The van der Waals surface area contributed by atoms with Crippen molar-refractivity contribution in [1.82, 2.24) is 5.32 Å². The number of benzene rings is 1. The normalized spacial score (nSPS) is 16.6. The lowest BCUT2D eigenvalue weighted by atomic mass is 9.77. The number of carbonyl (C=O) groups excluding carboxylic acids is 1.